The van der Waals surface area contributed by atoms with E-state index >= 15 is 0 Å². The van der Waals surface area contributed by atoms with Crippen molar-refractivity contribution in [1.82, 2.24) is 15.5 Å². The largest absolute Gasteiger partial charge is 0.396 e. The first kappa shape index (κ1) is 18.3. The summed E-state index contributed by atoms with van der Waals surface area (Å²) in [5.41, 5.74) is 1.10. The van der Waals surface area contributed by atoms with Crippen molar-refractivity contribution in [2.75, 3.05) is 19.7 Å². The fraction of sp³-hybridized carbons (Fsp3) is 0.556. The molecule has 1 aromatic rings. The number of likely N-dealkylation sites (tertiary alicyclic amines) is 1. The summed E-state index contributed by atoms with van der Waals surface area (Å²) in [6.07, 6.45) is 2.83. The molecule has 0 radical (unpaired) electrons. The Morgan fingerprint density at radius 2 is 2.04 bits per heavy atom. The van der Waals surface area contributed by atoms with Gasteiger partial charge in [0.05, 0.1) is 12.1 Å². The van der Waals surface area contributed by atoms with Gasteiger partial charge < -0.3 is 20.6 Å². The third-order valence-electron chi connectivity index (χ3n) is 4.36. The predicted molar refractivity (Wildman–Crippen MR) is 92.4 cm³/mol. The van der Waals surface area contributed by atoms with Crippen molar-refractivity contribution in [1.29, 1.82) is 0 Å². The fourth-order valence-electron chi connectivity index (χ4n) is 2.97. The van der Waals surface area contributed by atoms with Crippen LogP contribution in [0.25, 0.3) is 0 Å². The molecular weight excluding hydrogens is 306 g/mol. The molecule has 2 atom stereocenters. The minimum Gasteiger partial charge on any atom is -0.396 e. The smallest absolute Gasteiger partial charge is 0.315 e. The standard InChI is InChI=1S/C18H27N3O3/c1-14(15-8-4-2-5-9-15)21-13-16(12-17(21)23)20-18(24)19-10-6-3-7-11-22/h2,4-5,8-9,14,16,22H,3,6-7,10-13H2,1H3,(H2,19,20,24). The van der Waals surface area contributed by atoms with Crippen molar-refractivity contribution in [3.8, 4) is 0 Å². The number of nitrogens with one attached hydrogen (secondary N) is 2. The van der Waals surface area contributed by atoms with E-state index in [2.05, 4.69) is 10.6 Å². The summed E-state index contributed by atoms with van der Waals surface area (Å²) in [6.45, 7) is 3.31. The lowest BCUT2D eigenvalue weighted by atomic mass is 10.1. The van der Waals surface area contributed by atoms with Gasteiger partial charge in [0.15, 0.2) is 0 Å². The Hall–Kier alpha value is -2.08. The fourth-order valence-corrected chi connectivity index (χ4v) is 2.97. The van der Waals surface area contributed by atoms with Gasteiger partial charge in [-0.05, 0) is 31.7 Å². The lowest BCUT2D eigenvalue weighted by Crippen LogP contribution is -2.43. The normalized spacial score (nSPS) is 18.5. The number of hydrogen-bond acceptors (Lipinski definition) is 3. The van der Waals surface area contributed by atoms with Crippen LogP contribution >= 0.6 is 0 Å². The average Bonchev–Trinajstić information content (AvgIpc) is 2.95. The van der Waals surface area contributed by atoms with Gasteiger partial charge >= 0.3 is 6.03 Å². The lowest BCUT2D eigenvalue weighted by Gasteiger charge is -2.25. The van der Waals surface area contributed by atoms with E-state index in [1.807, 2.05) is 42.2 Å². The minimum atomic E-state index is -0.231. The molecule has 6 nitrogen and oxygen atoms in total. The van der Waals surface area contributed by atoms with Crippen molar-refractivity contribution >= 4 is 11.9 Å². The van der Waals surface area contributed by atoms with Crippen molar-refractivity contribution in [3.05, 3.63) is 35.9 Å². The summed E-state index contributed by atoms with van der Waals surface area (Å²) in [5.74, 6) is 0.0691. The van der Waals surface area contributed by atoms with E-state index in [4.69, 9.17) is 5.11 Å². The van der Waals surface area contributed by atoms with Crippen molar-refractivity contribution < 1.29 is 14.7 Å². The van der Waals surface area contributed by atoms with Crippen molar-refractivity contribution in [2.45, 2.75) is 44.7 Å². The molecule has 3 N–H and O–H groups in total. The number of carbonyl (C=O) groups is 2. The number of unbranched alkanes of at least 4 members (excludes halogenated alkanes) is 2. The third kappa shape index (κ3) is 5.23. The Morgan fingerprint density at radius 3 is 2.75 bits per heavy atom. The van der Waals surface area contributed by atoms with Gasteiger partial charge in [0, 0.05) is 26.1 Å². The molecule has 6 heteroatoms. The molecule has 0 spiro atoms. The molecule has 0 aliphatic carbocycles. The Balaban J connectivity index is 1.76. The monoisotopic (exact) mass is 333 g/mol. The predicted octanol–water partition coefficient (Wildman–Crippen LogP) is 1.81. The summed E-state index contributed by atoms with van der Waals surface area (Å²) in [4.78, 5) is 25.9. The van der Waals surface area contributed by atoms with Gasteiger partial charge in [-0.2, -0.15) is 0 Å². The number of hydrogen-bond donors (Lipinski definition) is 3. The van der Waals surface area contributed by atoms with Gasteiger partial charge in [-0.3, -0.25) is 4.79 Å². The topological polar surface area (TPSA) is 81.7 Å². The maximum atomic E-state index is 12.2. The number of nitrogens with zero attached hydrogens (tertiary/aromatic N) is 1. The molecule has 0 aromatic heterocycles. The van der Waals surface area contributed by atoms with E-state index in [1.54, 1.807) is 0 Å². The number of amides is 3. The number of aliphatic hydroxyl groups is 1. The van der Waals surface area contributed by atoms with Crippen molar-refractivity contribution in [2.24, 2.45) is 0 Å². The molecule has 3 amide bonds. The molecule has 1 aromatic carbocycles. The van der Waals surface area contributed by atoms with Gasteiger partial charge in [0.1, 0.15) is 0 Å². The average molecular weight is 333 g/mol. The van der Waals surface area contributed by atoms with Crippen LogP contribution in [-0.2, 0) is 4.79 Å². The number of aliphatic hydroxyl groups excluding tert-OH is 1. The Labute approximate surface area is 143 Å². The Morgan fingerprint density at radius 1 is 1.29 bits per heavy atom. The number of benzene rings is 1. The highest BCUT2D eigenvalue weighted by Gasteiger charge is 2.33. The summed E-state index contributed by atoms with van der Waals surface area (Å²) >= 11 is 0. The van der Waals surface area contributed by atoms with Crippen molar-refractivity contribution in [3.63, 3.8) is 0 Å². The van der Waals surface area contributed by atoms with E-state index in [0.717, 1.165) is 24.8 Å². The highest BCUT2D eigenvalue weighted by atomic mass is 16.3. The maximum absolute atomic E-state index is 12.2. The van der Waals surface area contributed by atoms with Crippen LogP contribution in [0.3, 0.4) is 0 Å². The SMILES string of the molecule is CC(c1ccccc1)N1CC(NC(=O)NCCCCCO)CC1=O. The van der Waals surface area contributed by atoms with Crippen LogP contribution in [0.15, 0.2) is 30.3 Å². The molecule has 24 heavy (non-hydrogen) atoms. The van der Waals surface area contributed by atoms with E-state index in [-0.39, 0.29) is 30.6 Å². The first-order chi connectivity index (χ1) is 11.6. The molecule has 1 aliphatic rings. The van der Waals surface area contributed by atoms with E-state index in [0.29, 0.717) is 19.5 Å². The molecular formula is C18H27N3O3. The maximum Gasteiger partial charge on any atom is 0.315 e. The zero-order valence-electron chi connectivity index (χ0n) is 14.2. The molecule has 1 saturated heterocycles. The first-order valence-corrected chi connectivity index (χ1v) is 8.61. The first-order valence-electron chi connectivity index (χ1n) is 8.61. The molecule has 0 saturated carbocycles. The highest BCUT2D eigenvalue weighted by molar-refractivity contribution is 5.82. The number of urea groups is 1. The molecule has 1 heterocycles. The van der Waals surface area contributed by atoms with Gasteiger partial charge in [-0.15, -0.1) is 0 Å². The second kappa shape index (κ2) is 9.27. The quantitative estimate of drug-likeness (QED) is 0.635. The summed E-state index contributed by atoms with van der Waals surface area (Å²) < 4.78 is 0. The minimum absolute atomic E-state index is 0.00652. The zero-order chi connectivity index (χ0) is 17.4. The molecule has 0 bridgehead atoms. The molecule has 2 rings (SSSR count). The van der Waals surface area contributed by atoms with Crippen LogP contribution in [0.5, 0.6) is 0 Å². The lowest BCUT2D eigenvalue weighted by molar-refractivity contribution is -0.129. The van der Waals surface area contributed by atoms with Crippen LogP contribution in [-0.4, -0.2) is 47.7 Å². The zero-order valence-corrected chi connectivity index (χ0v) is 14.2. The highest BCUT2D eigenvalue weighted by Crippen LogP contribution is 2.25. The summed E-state index contributed by atoms with van der Waals surface area (Å²) in [7, 11) is 0. The van der Waals surface area contributed by atoms with Gasteiger partial charge in [0.2, 0.25) is 5.91 Å². The number of rotatable bonds is 8. The second-order valence-electron chi connectivity index (χ2n) is 6.22. The van der Waals surface area contributed by atoms with Gasteiger partial charge in [0.25, 0.3) is 0 Å². The molecule has 2 unspecified atom stereocenters. The van der Waals surface area contributed by atoms with E-state index < -0.39 is 0 Å². The molecule has 1 fully saturated rings. The Kier molecular flexibility index (Phi) is 7.06. The summed E-state index contributed by atoms with van der Waals surface area (Å²) in [6, 6.07) is 9.53. The molecule has 132 valence electrons. The second-order valence-corrected chi connectivity index (χ2v) is 6.22. The third-order valence-corrected chi connectivity index (χ3v) is 4.36. The summed E-state index contributed by atoms with van der Waals surface area (Å²) in [5, 5.41) is 14.4. The van der Waals surface area contributed by atoms with Crippen LogP contribution in [0.2, 0.25) is 0 Å². The van der Waals surface area contributed by atoms with E-state index in [1.165, 1.54) is 0 Å². The van der Waals surface area contributed by atoms with Crippen LogP contribution in [0.1, 0.15) is 44.2 Å². The number of carbonyl (C=O) groups excluding carboxylic acids is 2. The molecule has 1 aliphatic heterocycles. The Bertz CT molecular complexity index is 536. The van der Waals surface area contributed by atoms with Crippen LogP contribution < -0.4 is 10.6 Å². The van der Waals surface area contributed by atoms with Crippen LogP contribution in [0, 0.1) is 0 Å². The van der Waals surface area contributed by atoms with Crippen LogP contribution in [0.4, 0.5) is 4.79 Å². The van der Waals surface area contributed by atoms with Gasteiger partial charge in [-0.1, -0.05) is 30.3 Å². The van der Waals surface area contributed by atoms with E-state index in [9.17, 15) is 9.59 Å². The van der Waals surface area contributed by atoms with Gasteiger partial charge in [-0.25, -0.2) is 4.79 Å².